The molecule has 1 fully saturated rings. The highest BCUT2D eigenvalue weighted by Gasteiger charge is 2.23. The van der Waals surface area contributed by atoms with E-state index in [0.29, 0.717) is 19.1 Å². The van der Waals surface area contributed by atoms with Crippen molar-refractivity contribution in [1.29, 1.82) is 0 Å². The summed E-state index contributed by atoms with van der Waals surface area (Å²) in [6.45, 7) is 5.61. The van der Waals surface area contributed by atoms with Crippen molar-refractivity contribution < 1.29 is 9.59 Å². The van der Waals surface area contributed by atoms with Gasteiger partial charge in [-0.25, -0.2) is 4.79 Å². The zero-order valence-electron chi connectivity index (χ0n) is 11.8. The van der Waals surface area contributed by atoms with Crippen LogP contribution in [0.15, 0.2) is 12.7 Å². The molecule has 1 atom stereocenters. The van der Waals surface area contributed by atoms with Crippen LogP contribution in [0.3, 0.4) is 0 Å². The summed E-state index contributed by atoms with van der Waals surface area (Å²) < 4.78 is 0. The SMILES string of the molecule is C=CCNC(=O)NC(=O)CN1CCCCC1CCN.Cl. The van der Waals surface area contributed by atoms with Crippen LogP contribution in [0, 0.1) is 0 Å². The van der Waals surface area contributed by atoms with E-state index in [-0.39, 0.29) is 24.9 Å². The number of hydrogen-bond donors (Lipinski definition) is 3. The third kappa shape index (κ3) is 6.88. The van der Waals surface area contributed by atoms with E-state index in [4.69, 9.17) is 5.73 Å². The number of imide groups is 1. The fourth-order valence-corrected chi connectivity index (χ4v) is 2.35. The Labute approximate surface area is 126 Å². The van der Waals surface area contributed by atoms with Crippen molar-refractivity contribution in [3.05, 3.63) is 12.7 Å². The molecule has 0 aromatic carbocycles. The molecule has 0 saturated carbocycles. The Hall–Kier alpha value is -1.11. The van der Waals surface area contributed by atoms with Crippen molar-refractivity contribution in [2.45, 2.75) is 31.7 Å². The molecule has 1 aliphatic heterocycles. The van der Waals surface area contributed by atoms with Crippen molar-refractivity contribution in [3.8, 4) is 0 Å². The number of carbonyl (C=O) groups is 2. The lowest BCUT2D eigenvalue weighted by Crippen LogP contribution is -2.49. The molecule has 3 amide bonds. The van der Waals surface area contributed by atoms with Gasteiger partial charge in [0.05, 0.1) is 6.54 Å². The first-order chi connectivity index (χ1) is 9.17. The van der Waals surface area contributed by atoms with Gasteiger partial charge in [-0.3, -0.25) is 15.0 Å². The van der Waals surface area contributed by atoms with Gasteiger partial charge in [-0.2, -0.15) is 0 Å². The number of halogens is 1. The molecule has 0 spiro atoms. The Balaban J connectivity index is 0.00000361. The van der Waals surface area contributed by atoms with Gasteiger partial charge in [-0.1, -0.05) is 12.5 Å². The van der Waals surface area contributed by atoms with E-state index in [1.165, 1.54) is 6.42 Å². The third-order valence-electron chi connectivity index (χ3n) is 3.26. The molecule has 1 heterocycles. The van der Waals surface area contributed by atoms with Crippen molar-refractivity contribution in [1.82, 2.24) is 15.5 Å². The number of carbonyl (C=O) groups excluding carboxylic acids is 2. The van der Waals surface area contributed by atoms with Crippen LogP contribution in [0.4, 0.5) is 4.79 Å². The van der Waals surface area contributed by atoms with Crippen LogP contribution < -0.4 is 16.4 Å². The van der Waals surface area contributed by atoms with Gasteiger partial charge in [0.15, 0.2) is 0 Å². The molecule has 20 heavy (non-hydrogen) atoms. The molecule has 1 unspecified atom stereocenters. The maximum Gasteiger partial charge on any atom is 0.321 e. The van der Waals surface area contributed by atoms with E-state index in [0.717, 1.165) is 25.8 Å². The molecular formula is C13H25ClN4O2. The van der Waals surface area contributed by atoms with Crippen molar-refractivity contribution in [2.24, 2.45) is 5.73 Å². The van der Waals surface area contributed by atoms with Gasteiger partial charge in [-0.05, 0) is 32.4 Å². The molecule has 1 saturated heterocycles. The number of urea groups is 1. The minimum absolute atomic E-state index is 0. The van der Waals surface area contributed by atoms with E-state index >= 15 is 0 Å². The maximum atomic E-state index is 11.8. The number of nitrogens with one attached hydrogen (secondary N) is 2. The second-order valence-electron chi connectivity index (χ2n) is 4.74. The Morgan fingerprint density at radius 2 is 2.15 bits per heavy atom. The number of nitrogens with two attached hydrogens (primary N) is 1. The minimum atomic E-state index is -0.475. The number of rotatable bonds is 6. The zero-order valence-corrected chi connectivity index (χ0v) is 12.6. The fourth-order valence-electron chi connectivity index (χ4n) is 2.35. The van der Waals surface area contributed by atoms with Crippen LogP contribution in [-0.2, 0) is 4.79 Å². The van der Waals surface area contributed by atoms with Crippen LogP contribution >= 0.6 is 12.4 Å². The topological polar surface area (TPSA) is 87.5 Å². The first-order valence-corrected chi connectivity index (χ1v) is 6.80. The smallest absolute Gasteiger partial charge is 0.321 e. The molecule has 0 aromatic heterocycles. The van der Waals surface area contributed by atoms with Gasteiger partial charge in [-0.15, -0.1) is 19.0 Å². The highest BCUT2D eigenvalue weighted by Crippen LogP contribution is 2.18. The molecule has 1 aliphatic rings. The molecule has 7 heteroatoms. The lowest BCUT2D eigenvalue weighted by atomic mass is 9.99. The first-order valence-electron chi connectivity index (χ1n) is 6.80. The summed E-state index contributed by atoms with van der Waals surface area (Å²) in [6, 6.07) is -0.113. The van der Waals surface area contributed by atoms with Crippen LogP contribution in [-0.4, -0.2) is 49.1 Å². The van der Waals surface area contributed by atoms with Gasteiger partial charge in [0.1, 0.15) is 0 Å². The van der Waals surface area contributed by atoms with Gasteiger partial charge >= 0.3 is 6.03 Å². The average molecular weight is 305 g/mol. The standard InChI is InChI=1S/C13H24N4O2.ClH/c1-2-8-15-13(19)16-12(18)10-17-9-4-3-5-11(17)6-7-14;/h2,11H,1,3-10,14H2,(H2,15,16,18,19);1H. The summed E-state index contributed by atoms with van der Waals surface area (Å²) in [5.41, 5.74) is 5.59. The van der Waals surface area contributed by atoms with Gasteiger partial charge < -0.3 is 11.1 Å². The lowest BCUT2D eigenvalue weighted by Gasteiger charge is -2.34. The van der Waals surface area contributed by atoms with Crippen molar-refractivity contribution in [3.63, 3.8) is 0 Å². The molecule has 0 aliphatic carbocycles. The molecule has 4 N–H and O–H groups in total. The van der Waals surface area contributed by atoms with Gasteiger partial charge in [0.25, 0.3) is 0 Å². The molecule has 0 aromatic rings. The quantitative estimate of drug-likeness (QED) is 0.628. The molecular weight excluding hydrogens is 280 g/mol. The maximum absolute atomic E-state index is 11.8. The number of likely N-dealkylation sites (tertiary alicyclic amines) is 1. The molecule has 0 bridgehead atoms. The Kier molecular flexibility index (Phi) is 10.1. The number of nitrogens with zero attached hydrogens (tertiary/aromatic N) is 1. The van der Waals surface area contributed by atoms with Crippen LogP contribution in [0.25, 0.3) is 0 Å². The average Bonchev–Trinajstić information content (AvgIpc) is 2.39. The van der Waals surface area contributed by atoms with E-state index in [1.807, 2.05) is 0 Å². The molecule has 6 nitrogen and oxygen atoms in total. The predicted octanol–water partition coefficient (Wildman–Crippen LogP) is 0.623. The summed E-state index contributed by atoms with van der Waals surface area (Å²) in [4.78, 5) is 25.2. The molecule has 1 rings (SSSR count). The third-order valence-corrected chi connectivity index (χ3v) is 3.26. The Morgan fingerprint density at radius 3 is 2.80 bits per heavy atom. The molecule has 0 radical (unpaired) electrons. The van der Waals surface area contributed by atoms with Crippen LogP contribution in [0.5, 0.6) is 0 Å². The van der Waals surface area contributed by atoms with Crippen LogP contribution in [0.2, 0.25) is 0 Å². The van der Waals surface area contributed by atoms with Crippen molar-refractivity contribution in [2.75, 3.05) is 26.2 Å². The van der Waals surface area contributed by atoms with E-state index in [9.17, 15) is 9.59 Å². The van der Waals surface area contributed by atoms with Gasteiger partial charge in [0.2, 0.25) is 5.91 Å². The van der Waals surface area contributed by atoms with Crippen LogP contribution in [0.1, 0.15) is 25.7 Å². The second kappa shape index (κ2) is 10.7. The van der Waals surface area contributed by atoms with E-state index in [2.05, 4.69) is 22.1 Å². The molecule has 116 valence electrons. The lowest BCUT2D eigenvalue weighted by molar-refractivity contribution is -0.122. The largest absolute Gasteiger partial charge is 0.334 e. The number of amides is 3. The number of hydrogen-bond acceptors (Lipinski definition) is 4. The Morgan fingerprint density at radius 1 is 1.40 bits per heavy atom. The first kappa shape index (κ1) is 18.9. The Bertz CT molecular complexity index is 323. The summed E-state index contributed by atoms with van der Waals surface area (Å²) in [5.74, 6) is -0.273. The van der Waals surface area contributed by atoms with E-state index < -0.39 is 6.03 Å². The van der Waals surface area contributed by atoms with Crippen molar-refractivity contribution >= 4 is 24.3 Å². The highest BCUT2D eigenvalue weighted by atomic mass is 35.5. The summed E-state index contributed by atoms with van der Waals surface area (Å²) >= 11 is 0. The van der Waals surface area contributed by atoms with Gasteiger partial charge in [0, 0.05) is 12.6 Å². The monoisotopic (exact) mass is 304 g/mol. The predicted molar refractivity (Wildman–Crippen MR) is 81.9 cm³/mol. The minimum Gasteiger partial charge on any atom is -0.334 e. The van der Waals surface area contributed by atoms with E-state index in [1.54, 1.807) is 6.08 Å². The second-order valence-corrected chi connectivity index (χ2v) is 4.74. The summed E-state index contributed by atoms with van der Waals surface area (Å²) in [7, 11) is 0. The normalized spacial score (nSPS) is 18.8. The zero-order chi connectivity index (χ0) is 14.1. The number of piperidine rings is 1. The fraction of sp³-hybridized carbons (Fsp3) is 0.692. The highest BCUT2D eigenvalue weighted by molar-refractivity contribution is 5.95. The summed E-state index contributed by atoms with van der Waals surface area (Å²) in [5, 5.41) is 4.82. The summed E-state index contributed by atoms with van der Waals surface area (Å²) in [6.07, 6.45) is 5.81.